The highest BCUT2D eigenvalue weighted by atomic mass is 16.2. The Bertz CT molecular complexity index is 744. The smallest absolute Gasteiger partial charge is 0.253 e. The highest BCUT2D eigenvalue weighted by molar-refractivity contribution is 5.95. The second-order valence-electron chi connectivity index (χ2n) is 6.87. The van der Waals surface area contributed by atoms with Gasteiger partial charge in [0, 0.05) is 44.9 Å². The minimum atomic E-state index is 0.0556. The fraction of sp³-hybridized carbons (Fsp3) is 0.421. The fourth-order valence-electron chi connectivity index (χ4n) is 3.13. The Morgan fingerprint density at radius 3 is 2.56 bits per heavy atom. The fourth-order valence-corrected chi connectivity index (χ4v) is 3.13. The first-order valence-corrected chi connectivity index (χ1v) is 8.53. The van der Waals surface area contributed by atoms with Gasteiger partial charge in [0.05, 0.1) is 5.69 Å². The molecule has 0 spiro atoms. The minimum Gasteiger partial charge on any atom is -0.361 e. The van der Waals surface area contributed by atoms with Gasteiger partial charge >= 0.3 is 0 Å². The van der Waals surface area contributed by atoms with Gasteiger partial charge < -0.3 is 14.7 Å². The number of carbonyl (C=O) groups excluding carboxylic acids is 1. The van der Waals surface area contributed by atoms with Crippen LogP contribution in [-0.2, 0) is 0 Å². The van der Waals surface area contributed by atoms with Crippen molar-refractivity contribution in [1.29, 1.82) is 0 Å². The molecule has 3 rings (SSSR count). The number of nitrogens with zero attached hydrogens (tertiary/aromatic N) is 5. The van der Waals surface area contributed by atoms with Crippen molar-refractivity contribution in [3.05, 3.63) is 42.0 Å². The summed E-state index contributed by atoms with van der Waals surface area (Å²) in [7, 11) is 7.85. The maximum Gasteiger partial charge on any atom is 0.253 e. The summed E-state index contributed by atoms with van der Waals surface area (Å²) in [5.74, 6) is 0.862. The number of aromatic nitrogens is 2. The standard InChI is InChI=1S/C19H25N5O/c1-22(2)18-9-8-17(20-21-18)14-6-5-7-15(12-14)19(25)24(4)16-10-11-23(3)13-16/h5-9,12,16H,10-11,13H2,1-4H3/t16-/m1/s1. The second-order valence-corrected chi connectivity index (χ2v) is 6.87. The summed E-state index contributed by atoms with van der Waals surface area (Å²) in [5.41, 5.74) is 2.36. The third-order valence-corrected chi connectivity index (χ3v) is 4.75. The number of hydrogen-bond donors (Lipinski definition) is 0. The normalized spacial score (nSPS) is 17.5. The average Bonchev–Trinajstić information content (AvgIpc) is 3.07. The molecule has 0 bridgehead atoms. The topological polar surface area (TPSA) is 52.6 Å². The number of carbonyl (C=O) groups is 1. The number of likely N-dealkylation sites (N-methyl/N-ethyl adjacent to an activating group) is 2. The van der Waals surface area contributed by atoms with E-state index in [1.54, 1.807) is 0 Å². The molecule has 1 aromatic heterocycles. The van der Waals surface area contributed by atoms with Crippen molar-refractivity contribution in [2.75, 3.05) is 46.2 Å². The Kier molecular flexibility index (Phi) is 4.99. The molecule has 25 heavy (non-hydrogen) atoms. The molecule has 1 saturated heterocycles. The molecule has 6 nitrogen and oxygen atoms in total. The molecule has 1 atom stereocenters. The van der Waals surface area contributed by atoms with E-state index in [-0.39, 0.29) is 11.9 Å². The summed E-state index contributed by atoms with van der Waals surface area (Å²) in [5, 5.41) is 8.49. The van der Waals surface area contributed by atoms with Crippen molar-refractivity contribution in [1.82, 2.24) is 20.0 Å². The van der Waals surface area contributed by atoms with Crippen LogP contribution in [0.5, 0.6) is 0 Å². The second kappa shape index (κ2) is 7.19. The molecular formula is C19H25N5O. The highest BCUT2D eigenvalue weighted by Crippen LogP contribution is 2.21. The monoisotopic (exact) mass is 339 g/mol. The van der Waals surface area contributed by atoms with Gasteiger partial charge in [0.15, 0.2) is 5.82 Å². The van der Waals surface area contributed by atoms with Crippen molar-refractivity contribution >= 4 is 11.7 Å². The molecule has 6 heteroatoms. The van der Waals surface area contributed by atoms with E-state index in [9.17, 15) is 4.79 Å². The van der Waals surface area contributed by atoms with E-state index in [2.05, 4.69) is 22.1 Å². The molecule has 0 saturated carbocycles. The first-order valence-electron chi connectivity index (χ1n) is 8.53. The molecule has 1 amide bonds. The maximum absolute atomic E-state index is 12.8. The van der Waals surface area contributed by atoms with E-state index >= 15 is 0 Å². The number of benzene rings is 1. The van der Waals surface area contributed by atoms with Crippen molar-refractivity contribution in [3.63, 3.8) is 0 Å². The number of amides is 1. The maximum atomic E-state index is 12.8. The Morgan fingerprint density at radius 2 is 1.96 bits per heavy atom. The molecule has 1 aliphatic heterocycles. The van der Waals surface area contributed by atoms with Crippen LogP contribution in [0.25, 0.3) is 11.3 Å². The summed E-state index contributed by atoms with van der Waals surface area (Å²) in [6, 6.07) is 11.8. The first kappa shape index (κ1) is 17.4. The van der Waals surface area contributed by atoms with E-state index in [4.69, 9.17) is 0 Å². The lowest BCUT2D eigenvalue weighted by molar-refractivity contribution is 0.0737. The zero-order valence-corrected chi connectivity index (χ0v) is 15.3. The van der Waals surface area contributed by atoms with E-state index < -0.39 is 0 Å². The predicted octanol–water partition coefficient (Wildman–Crippen LogP) is 1.99. The SMILES string of the molecule is CN1CC[C@@H](N(C)C(=O)c2cccc(-c3ccc(N(C)C)nn3)c2)C1. The van der Waals surface area contributed by atoms with Crippen molar-refractivity contribution < 1.29 is 4.79 Å². The molecule has 0 unspecified atom stereocenters. The van der Waals surface area contributed by atoms with Gasteiger partial charge in [-0.25, -0.2) is 0 Å². The zero-order chi connectivity index (χ0) is 18.0. The number of likely N-dealkylation sites (tertiary alicyclic amines) is 1. The first-order chi connectivity index (χ1) is 12.0. The van der Waals surface area contributed by atoms with Crippen LogP contribution in [-0.4, -0.2) is 73.2 Å². The van der Waals surface area contributed by atoms with E-state index in [1.165, 1.54) is 0 Å². The van der Waals surface area contributed by atoms with Gasteiger partial charge in [0.2, 0.25) is 0 Å². The molecule has 0 N–H and O–H groups in total. The van der Waals surface area contributed by atoms with Crippen molar-refractivity contribution in [2.45, 2.75) is 12.5 Å². The molecule has 1 aliphatic rings. The third-order valence-electron chi connectivity index (χ3n) is 4.75. The van der Waals surface area contributed by atoms with E-state index in [0.29, 0.717) is 5.56 Å². The van der Waals surface area contributed by atoms with Crippen LogP contribution >= 0.6 is 0 Å². The van der Waals surface area contributed by atoms with Gasteiger partial charge in [0.25, 0.3) is 5.91 Å². The van der Waals surface area contributed by atoms with Crippen LogP contribution in [0.1, 0.15) is 16.8 Å². The quantitative estimate of drug-likeness (QED) is 0.853. The van der Waals surface area contributed by atoms with Crippen LogP contribution in [0, 0.1) is 0 Å². The van der Waals surface area contributed by atoms with Gasteiger partial charge in [-0.1, -0.05) is 12.1 Å². The molecule has 0 aliphatic carbocycles. The molecule has 2 aromatic rings. The number of anilines is 1. The van der Waals surface area contributed by atoms with Crippen molar-refractivity contribution in [2.24, 2.45) is 0 Å². The summed E-state index contributed by atoms with van der Waals surface area (Å²) < 4.78 is 0. The molecule has 132 valence electrons. The molecule has 1 aromatic carbocycles. The largest absolute Gasteiger partial charge is 0.361 e. The van der Waals surface area contributed by atoms with Gasteiger partial charge in [-0.3, -0.25) is 4.79 Å². The predicted molar refractivity (Wildman–Crippen MR) is 99.8 cm³/mol. The van der Waals surface area contributed by atoms with Crippen LogP contribution < -0.4 is 4.90 Å². The lowest BCUT2D eigenvalue weighted by Gasteiger charge is -2.24. The van der Waals surface area contributed by atoms with Gasteiger partial charge in [-0.15, -0.1) is 10.2 Å². The molecule has 1 fully saturated rings. The third kappa shape index (κ3) is 3.79. The summed E-state index contributed by atoms with van der Waals surface area (Å²) in [4.78, 5) is 18.9. The zero-order valence-electron chi connectivity index (χ0n) is 15.3. The van der Waals surface area contributed by atoms with Gasteiger partial charge in [-0.2, -0.15) is 0 Å². The van der Waals surface area contributed by atoms with Crippen LogP contribution in [0.2, 0.25) is 0 Å². The van der Waals surface area contributed by atoms with Crippen LogP contribution in [0.3, 0.4) is 0 Å². The number of hydrogen-bond acceptors (Lipinski definition) is 5. The molecule has 2 heterocycles. The van der Waals surface area contributed by atoms with Crippen LogP contribution in [0.4, 0.5) is 5.82 Å². The summed E-state index contributed by atoms with van der Waals surface area (Å²) in [6.45, 7) is 1.97. The Morgan fingerprint density at radius 1 is 1.16 bits per heavy atom. The molecular weight excluding hydrogens is 314 g/mol. The van der Waals surface area contributed by atoms with Gasteiger partial charge in [-0.05, 0) is 44.3 Å². The number of rotatable bonds is 4. The van der Waals surface area contributed by atoms with Crippen LogP contribution in [0.15, 0.2) is 36.4 Å². The average molecular weight is 339 g/mol. The lowest BCUT2D eigenvalue weighted by Crippen LogP contribution is -2.38. The Hall–Kier alpha value is -2.47. The van der Waals surface area contributed by atoms with Gasteiger partial charge in [0.1, 0.15) is 0 Å². The Balaban J connectivity index is 1.80. The van der Waals surface area contributed by atoms with E-state index in [1.807, 2.05) is 67.3 Å². The Labute approximate surface area is 149 Å². The minimum absolute atomic E-state index is 0.0556. The highest BCUT2D eigenvalue weighted by Gasteiger charge is 2.27. The summed E-state index contributed by atoms with van der Waals surface area (Å²) >= 11 is 0. The lowest BCUT2D eigenvalue weighted by atomic mass is 10.1. The van der Waals surface area contributed by atoms with Crippen molar-refractivity contribution in [3.8, 4) is 11.3 Å². The summed E-state index contributed by atoms with van der Waals surface area (Å²) in [6.07, 6.45) is 1.02. The van der Waals surface area contributed by atoms with E-state index in [0.717, 1.165) is 36.6 Å². The molecule has 0 radical (unpaired) electrons.